The van der Waals surface area contributed by atoms with Crippen molar-refractivity contribution < 1.29 is 17.3 Å². The predicted octanol–water partition coefficient (Wildman–Crippen LogP) is 2.94. The molecule has 1 unspecified atom stereocenters. The number of ether oxygens (including phenoxy) is 1. The van der Waals surface area contributed by atoms with Crippen LogP contribution in [0, 0.1) is 6.92 Å². The van der Waals surface area contributed by atoms with Crippen LogP contribution in [0.3, 0.4) is 0 Å². The van der Waals surface area contributed by atoms with E-state index < -0.39 is 10.1 Å². The molecule has 0 N–H and O–H groups in total. The number of rotatable bonds is 4. The maximum Gasteiger partial charge on any atom is 0.264 e. The van der Waals surface area contributed by atoms with Crippen LogP contribution in [0.5, 0.6) is 5.75 Å². The monoisotopic (exact) mass is 318 g/mol. The van der Waals surface area contributed by atoms with Crippen LogP contribution in [0.1, 0.15) is 11.1 Å². The quantitative estimate of drug-likeness (QED) is 0.813. The van der Waals surface area contributed by atoms with Crippen molar-refractivity contribution in [2.45, 2.75) is 19.4 Å². The third-order valence-corrected chi connectivity index (χ3v) is 4.22. The molecule has 1 atom stereocenters. The van der Waals surface area contributed by atoms with Crippen LogP contribution in [-0.2, 0) is 20.7 Å². The summed E-state index contributed by atoms with van der Waals surface area (Å²) in [6, 6.07) is 14.3. The summed E-state index contributed by atoms with van der Waals surface area (Å²) in [7, 11) is -3.45. The minimum atomic E-state index is -3.45. The van der Waals surface area contributed by atoms with Gasteiger partial charge in [0, 0.05) is 12.0 Å². The molecule has 0 saturated carbocycles. The number of benzene rings is 2. The van der Waals surface area contributed by atoms with Gasteiger partial charge in [-0.3, -0.25) is 4.18 Å². The Kier molecular flexibility index (Phi) is 3.93. The maximum absolute atomic E-state index is 11.1. The third-order valence-electron chi connectivity index (χ3n) is 3.66. The van der Waals surface area contributed by atoms with Gasteiger partial charge in [0.1, 0.15) is 18.5 Å². The maximum atomic E-state index is 11.1. The van der Waals surface area contributed by atoms with Crippen LogP contribution < -0.4 is 4.74 Å². The summed E-state index contributed by atoms with van der Waals surface area (Å²) in [5, 5.41) is 0. The van der Waals surface area contributed by atoms with Gasteiger partial charge in [-0.05, 0) is 18.1 Å². The second-order valence-electron chi connectivity index (χ2n) is 5.59. The van der Waals surface area contributed by atoms with E-state index in [1.807, 2.05) is 25.1 Å². The molecule has 0 aliphatic carbocycles. The Balaban J connectivity index is 1.84. The molecular formula is C17H18O4S. The first-order chi connectivity index (χ1) is 10.4. The molecule has 5 heteroatoms. The number of fused-ring (bicyclic) bond motifs is 1. The highest BCUT2D eigenvalue weighted by molar-refractivity contribution is 7.85. The Morgan fingerprint density at radius 3 is 2.59 bits per heavy atom. The van der Waals surface area contributed by atoms with Crippen molar-refractivity contribution in [1.29, 1.82) is 0 Å². The molecule has 22 heavy (non-hydrogen) atoms. The van der Waals surface area contributed by atoms with Crippen molar-refractivity contribution in [3.05, 3.63) is 53.6 Å². The second-order valence-corrected chi connectivity index (χ2v) is 7.24. The van der Waals surface area contributed by atoms with Crippen molar-refractivity contribution >= 4 is 10.1 Å². The summed E-state index contributed by atoms with van der Waals surface area (Å²) in [6.45, 7) is 2.09. The molecule has 1 heterocycles. The van der Waals surface area contributed by atoms with Crippen molar-refractivity contribution in [1.82, 2.24) is 0 Å². The van der Waals surface area contributed by atoms with Gasteiger partial charge in [-0.2, -0.15) is 8.42 Å². The molecule has 0 fully saturated rings. The first-order valence-corrected chi connectivity index (χ1v) is 8.94. The van der Waals surface area contributed by atoms with Crippen LogP contribution in [-0.4, -0.2) is 27.4 Å². The summed E-state index contributed by atoms with van der Waals surface area (Å²) in [6.07, 6.45) is 1.44. The smallest absolute Gasteiger partial charge is 0.264 e. The molecule has 1 aliphatic heterocycles. The van der Waals surface area contributed by atoms with Crippen LogP contribution in [0.4, 0.5) is 0 Å². The molecule has 0 amide bonds. The van der Waals surface area contributed by atoms with E-state index in [4.69, 9.17) is 8.92 Å². The minimum absolute atomic E-state index is 0.0425. The Bertz CT molecular complexity index is 779. The molecule has 0 bridgehead atoms. The largest absolute Gasteiger partial charge is 0.487 e. The highest BCUT2D eigenvalue weighted by atomic mass is 32.2. The fraction of sp³-hybridized carbons (Fsp3) is 0.294. The number of hydrogen-bond acceptors (Lipinski definition) is 4. The molecule has 4 nitrogen and oxygen atoms in total. The van der Waals surface area contributed by atoms with E-state index in [-0.39, 0.29) is 12.7 Å². The zero-order valence-electron chi connectivity index (χ0n) is 12.6. The number of hydrogen-bond donors (Lipinski definition) is 0. The van der Waals surface area contributed by atoms with Gasteiger partial charge >= 0.3 is 0 Å². The normalized spacial score (nSPS) is 17.1. The summed E-state index contributed by atoms with van der Waals surface area (Å²) in [5.74, 6) is 0.827. The van der Waals surface area contributed by atoms with Crippen LogP contribution in [0.15, 0.2) is 42.5 Å². The molecule has 2 aromatic rings. The summed E-state index contributed by atoms with van der Waals surface area (Å²) in [5.41, 5.74) is 4.41. The highest BCUT2D eigenvalue weighted by Crippen LogP contribution is 2.38. The lowest BCUT2D eigenvalue weighted by Crippen LogP contribution is -2.22. The molecule has 2 aromatic carbocycles. The Hall–Kier alpha value is -1.85. The molecular weight excluding hydrogens is 300 g/mol. The van der Waals surface area contributed by atoms with Crippen LogP contribution in [0.25, 0.3) is 11.1 Å². The Morgan fingerprint density at radius 2 is 1.91 bits per heavy atom. The average Bonchev–Trinajstić information content (AvgIpc) is 2.88. The van der Waals surface area contributed by atoms with Gasteiger partial charge in [0.05, 0.1) is 6.26 Å². The summed E-state index contributed by atoms with van der Waals surface area (Å²) in [4.78, 5) is 0. The van der Waals surface area contributed by atoms with E-state index in [0.29, 0.717) is 6.42 Å². The highest BCUT2D eigenvalue weighted by Gasteiger charge is 2.26. The minimum Gasteiger partial charge on any atom is -0.487 e. The van der Waals surface area contributed by atoms with E-state index in [9.17, 15) is 8.42 Å². The average molecular weight is 318 g/mol. The number of aryl methyl sites for hydroxylation is 1. The van der Waals surface area contributed by atoms with E-state index in [1.165, 1.54) is 5.56 Å². The zero-order valence-corrected chi connectivity index (χ0v) is 13.4. The first-order valence-electron chi connectivity index (χ1n) is 7.12. The predicted molar refractivity (Wildman–Crippen MR) is 85.5 cm³/mol. The first kappa shape index (κ1) is 15.1. The van der Waals surface area contributed by atoms with Crippen molar-refractivity contribution in [3.63, 3.8) is 0 Å². The Morgan fingerprint density at radius 1 is 1.18 bits per heavy atom. The van der Waals surface area contributed by atoms with Crippen LogP contribution in [0.2, 0.25) is 0 Å². The molecule has 3 rings (SSSR count). The standard InChI is InChI=1S/C17H18O4S/c1-12-6-8-13(9-7-12)16-5-3-4-14-10-15(21-17(14)16)11-20-22(2,18)19/h3-9,15H,10-11H2,1-2H3. The molecule has 0 aromatic heterocycles. The van der Waals surface area contributed by atoms with Crippen LogP contribution >= 0.6 is 0 Å². The molecule has 0 spiro atoms. The van der Waals surface area contributed by atoms with Crippen molar-refractivity contribution in [2.75, 3.05) is 12.9 Å². The lowest BCUT2D eigenvalue weighted by atomic mass is 10.00. The van der Waals surface area contributed by atoms with Gasteiger partial charge in [0.15, 0.2) is 0 Å². The van der Waals surface area contributed by atoms with Gasteiger partial charge in [0.2, 0.25) is 0 Å². The lowest BCUT2D eigenvalue weighted by molar-refractivity contribution is 0.153. The van der Waals surface area contributed by atoms with Crippen molar-refractivity contribution in [3.8, 4) is 16.9 Å². The van der Waals surface area contributed by atoms with Gasteiger partial charge in [-0.1, -0.05) is 48.0 Å². The van der Waals surface area contributed by atoms with Gasteiger partial charge < -0.3 is 4.74 Å². The molecule has 116 valence electrons. The molecule has 1 aliphatic rings. The summed E-state index contributed by atoms with van der Waals surface area (Å²) < 4.78 is 33.0. The molecule has 0 saturated heterocycles. The number of para-hydroxylation sites is 1. The fourth-order valence-corrected chi connectivity index (χ4v) is 2.99. The lowest BCUT2D eigenvalue weighted by Gasteiger charge is -2.12. The van der Waals surface area contributed by atoms with Gasteiger partial charge in [0.25, 0.3) is 10.1 Å². The van der Waals surface area contributed by atoms with E-state index >= 15 is 0 Å². The van der Waals surface area contributed by atoms with Gasteiger partial charge in [-0.15, -0.1) is 0 Å². The van der Waals surface area contributed by atoms with E-state index in [0.717, 1.165) is 28.7 Å². The SMILES string of the molecule is Cc1ccc(-c2cccc3c2OC(COS(C)(=O)=O)C3)cc1. The third kappa shape index (κ3) is 3.31. The topological polar surface area (TPSA) is 52.6 Å². The molecule has 0 radical (unpaired) electrons. The van der Waals surface area contributed by atoms with Gasteiger partial charge in [-0.25, -0.2) is 0 Å². The van der Waals surface area contributed by atoms with E-state index in [1.54, 1.807) is 0 Å². The Labute approximate surface area is 130 Å². The fourth-order valence-electron chi connectivity index (χ4n) is 2.59. The second kappa shape index (κ2) is 5.74. The zero-order chi connectivity index (χ0) is 15.7. The summed E-state index contributed by atoms with van der Waals surface area (Å²) >= 11 is 0. The van der Waals surface area contributed by atoms with Crippen molar-refractivity contribution in [2.24, 2.45) is 0 Å². The van der Waals surface area contributed by atoms with E-state index in [2.05, 4.69) is 24.3 Å².